The number of aromatic nitrogens is 1. The summed E-state index contributed by atoms with van der Waals surface area (Å²) in [4.78, 5) is 29.4. The Morgan fingerprint density at radius 2 is 2.20 bits per heavy atom. The molecular formula is C13H16N2O5. The van der Waals surface area contributed by atoms with Crippen LogP contribution in [0.25, 0.3) is 0 Å². The molecule has 1 amide bonds. The first kappa shape index (κ1) is 14.3. The number of aliphatic hydroxyl groups is 1. The summed E-state index contributed by atoms with van der Waals surface area (Å²) in [5.74, 6) is -0.610. The lowest BCUT2D eigenvalue weighted by molar-refractivity contribution is -0.145. The molecule has 7 nitrogen and oxygen atoms in total. The van der Waals surface area contributed by atoms with Gasteiger partial charge < -0.3 is 19.5 Å². The molecule has 1 N–H and O–H groups in total. The van der Waals surface area contributed by atoms with Crippen LogP contribution in [0.2, 0.25) is 0 Å². The van der Waals surface area contributed by atoms with Crippen LogP contribution in [-0.4, -0.2) is 59.8 Å². The minimum Gasteiger partial charge on any atom is -0.494 e. The first-order chi connectivity index (χ1) is 9.58. The molecule has 20 heavy (non-hydrogen) atoms. The minimum absolute atomic E-state index is 0.0874. The summed E-state index contributed by atoms with van der Waals surface area (Å²) >= 11 is 0. The SMILES string of the molecule is COC(=O)C1CC(O)CN1C(=O)c1ccncc1OC. The van der Waals surface area contributed by atoms with E-state index in [1.807, 2.05) is 0 Å². The Labute approximate surface area is 116 Å². The fourth-order valence-electron chi connectivity index (χ4n) is 2.27. The minimum atomic E-state index is -0.777. The van der Waals surface area contributed by atoms with Gasteiger partial charge >= 0.3 is 5.97 Å². The molecule has 2 unspecified atom stereocenters. The van der Waals surface area contributed by atoms with Crippen molar-refractivity contribution in [2.75, 3.05) is 20.8 Å². The number of carbonyl (C=O) groups is 2. The van der Waals surface area contributed by atoms with Gasteiger partial charge in [0.15, 0.2) is 0 Å². The normalized spacial score (nSPS) is 21.6. The largest absolute Gasteiger partial charge is 0.494 e. The van der Waals surface area contributed by atoms with Gasteiger partial charge in [-0.3, -0.25) is 9.78 Å². The van der Waals surface area contributed by atoms with Crippen LogP contribution in [-0.2, 0) is 9.53 Å². The van der Waals surface area contributed by atoms with Crippen LogP contribution in [0.5, 0.6) is 5.75 Å². The molecule has 7 heteroatoms. The fourth-order valence-corrected chi connectivity index (χ4v) is 2.27. The van der Waals surface area contributed by atoms with Crippen molar-refractivity contribution >= 4 is 11.9 Å². The topological polar surface area (TPSA) is 89.0 Å². The zero-order valence-electron chi connectivity index (χ0n) is 11.3. The van der Waals surface area contributed by atoms with E-state index in [0.717, 1.165) is 0 Å². The molecule has 1 saturated heterocycles. The molecule has 1 aromatic heterocycles. The Kier molecular flexibility index (Phi) is 4.19. The lowest BCUT2D eigenvalue weighted by atomic mass is 10.1. The van der Waals surface area contributed by atoms with Crippen molar-refractivity contribution in [1.29, 1.82) is 0 Å². The van der Waals surface area contributed by atoms with E-state index < -0.39 is 24.0 Å². The Morgan fingerprint density at radius 1 is 1.45 bits per heavy atom. The molecule has 0 saturated carbocycles. The van der Waals surface area contributed by atoms with Crippen LogP contribution in [0.3, 0.4) is 0 Å². The Hall–Kier alpha value is -2.15. The molecule has 0 aliphatic carbocycles. The van der Waals surface area contributed by atoms with Gasteiger partial charge in [0, 0.05) is 19.2 Å². The number of methoxy groups -OCH3 is 2. The lowest BCUT2D eigenvalue weighted by Crippen LogP contribution is -2.41. The number of nitrogens with zero attached hydrogens (tertiary/aromatic N) is 2. The highest BCUT2D eigenvalue weighted by atomic mass is 16.5. The van der Waals surface area contributed by atoms with Crippen LogP contribution in [0.4, 0.5) is 0 Å². The number of carbonyl (C=O) groups excluding carboxylic acids is 2. The van der Waals surface area contributed by atoms with Crippen molar-refractivity contribution in [3.8, 4) is 5.75 Å². The number of pyridine rings is 1. The van der Waals surface area contributed by atoms with Gasteiger partial charge in [0.05, 0.1) is 32.1 Å². The average Bonchev–Trinajstić information content (AvgIpc) is 2.87. The summed E-state index contributed by atoms with van der Waals surface area (Å²) in [6, 6.07) is 0.737. The summed E-state index contributed by atoms with van der Waals surface area (Å²) in [6.07, 6.45) is 2.32. The third-order valence-corrected chi connectivity index (χ3v) is 3.25. The van der Waals surface area contributed by atoms with E-state index in [-0.39, 0.29) is 13.0 Å². The molecule has 2 atom stereocenters. The number of esters is 1. The quantitative estimate of drug-likeness (QED) is 0.774. The second kappa shape index (κ2) is 5.87. The maximum atomic E-state index is 12.5. The van der Waals surface area contributed by atoms with E-state index in [9.17, 15) is 14.7 Å². The van der Waals surface area contributed by atoms with Gasteiger partial charge in [-0.05, 0) is 6.07 Å². The van der Waals surface area contributed by atoms with Crippen molar-refractivity contribution in [2.24, 2.45) is 0 Å². The molecule has 1 aromatic rings. The lowest BCUT2D eigenvalue weighted by Gasteiger charge is -2.23. The predicted molar refractivity (Wildman–Crippen MR) is 68.3 cm³/mol. The number of ether oxygens (including phenoxy) is 2. The third kappa shape index (κ3) is 2.57. The van der Waals surface area contributed by atoms with Gasteiger partial charge in [-0.25, -0.2) is 4.79 Å². The van der Waals surface area contributed by atoms with Crippen LogP contribution in [0.15, 0.2) is 18.5 Å². The monoisotopic (exact) mass is 280 g/mol. The zero-order valence-corrected chi connectivity index (χ0v) is 11.3. The molecule has 1 aliphatic rings. The molecule has 0 bridgehead atoms. The molecule has 0 radical (unpaired) electrons. The average molecular weight is 280 g/mol. The number of likely N-dealkylation sites (tertiary alicyclic amines) is 1. The van der Waals surface area contributed by atoms with E-state index >= 15 is 0 Å². The highest BCUT2D eigenvalue weighted by molar-refractivity contribution is 5.99. The number of amides is 1. The smallest absolute Gasteiger partial charge is 0.328 e. The van der Waals surface area contributed by atoms with Crippen LogP contribution in [0.1, 0.15) is 16.8 Å². The standard InChI is InChI=1S/C13H16N2O5/c1-19-11-6-14-4-3-9(11)12(17)15-7-8(16)5-10(15)13(18)20-2/h3-4,6,8,10,16H,5,7H2,1-2H3. The van der Waals surface area contributed by atoms with Crippen LogP contribution >= 0.6 is 0 Å². The summed E-state index contributed by atoms with van der Waals surface area (Å²) in [7, 11) is 2.69. The first-order valence-corrected chi connectivity index (χ1v) is 6.13. The van der Waals surface area contributed by atoms with E-state index in [1.54, 1.807) is 0 Å². The van der Waals surface area contributed by atoms with E-state index in [0.29, 0.717) is 11.3 Å². The van der Waals surface area contributed by atoms with Crippen LogP contribution < -0.4 is 4.74 Å². The van der Waals surface area contributed by atoms with Gasteiger partial charge in [-0.2, -0.15) is 0 Å². The molecule has 2 heterocycles. The molecule has 1 fully saturated rings. The summed E-state index contributed by atoms with van der Waals surface area (Å²) < 4.78 is 9.75. The van der Waals surface area contributed by atoms with Crippen LogP contribution in [0, 0.1) is 0 Å². The van der Waals surface area contributed by atoms with E-state index in [4.69, 9.17) is 4.74 Å². The van der Waals surface area contributed by atoms with E-state index in [1.165, 1.54) is 37.6 Å². The van der Waals surface area contributed by atoms with Gasteiger partial charge in [0.25, 0.3) is 5.91 Å². The highest BCUT2D eigenvalue weighted by Crippen LogP contribution is 2.25. The van der Waals surface area contributed by atoms with Crippen molar-refractivity contribution in [3.63, 3.8) is 0 Å². The Balaban J connectivity index is 2.29. The Bertz CT molecular complexity index is 519. The third-order valence-electron chi connectivity index (χ3n) is 3.25. The van der Waals surface area contributed by atoms with Gasteiger partial charge in [0.1, 0.15) is 11.8 Å². The molecule has 1 aliphatic heterocycles. The fraction of sp³-hybridized carbons (Fsp3) is 0.462. The van der Waals surface area contributed by atoms with E-state index in [2.05, 4.69) is 9.72 Å². The molecule has 108 valence electrons. The summed E-state index contributed by atoms with van der Waals surface area (Å²) in [5.41, 5.74) is 0.297. The molecular weight excluding hydrogens is 264 g/mol. The number of hydrogen-bond acceptors (Lipinski definition) is 6. The van der Waals surface area contributed by atoms with Crippen molar-refractivity contribution in [1.82, 2.24) is 9.88 Å². The maximum Gasteiger partial charge on any atom is 0.328 e. The Morgan fingerprint density at radius 3 is 2.85 bits per heavy atom. The molecule has 0 spiro atoms. The number of rotatable bonds is 3. The highest BCUT2D eigenvalue weighted by Gasteiger charge is 2.40. The summed E-state index contributed by atoms with van der Waals surface area (Å²) in [6.45, 7) is 0.0874. The molecule has 0 aromatic carbocycles. The van der Waals surface area contributed by atoms with Crippen molar-refractivity contribution < 1.29 is 24.2 Å². The second-order valence-corrected chi connectivity index (χ2v) is 4.46. The van der Waals surface area contributed by atoms with Gasteiger partial charge in [-0.15, -0.1) is 0 Å². The summed E-state index contributed by atoms with van der Waals surface area (Å²) in [5, 5.41) is 9.69. The van der Waals surface area contributed by atoms with Crippen molar-refractivity contribution in [3.05, 3.63) is 24.0 Å². The predicted octanol–water partition coefficient (Wildman–Crippen LogP) is -0.161. The number of β-amino-alcohol motifs (C(OH)–C–C–N with tert-alkyl or cyclic N) is 1. The first-order valence-electron chi connectivity index (χ1n) is 6.13. The number of hydrogen-bond donors (Lipinski definition) is 1. The number of aliphatic hydroxyl groups excluding tert-OH is 1. The van der Waals surface area contributed by atoms with Gasteiger partial charge in [0.2, 0.25) is 0 Å². The zero-order chi connectivity index (χ0) is 14.7. The van der Waals surface area contributed by atoms with Crippen molar-refractivity contribution in [2.45, 2.75) is 18.6 Å². The second-order valence-electron chi connectivity index (χ2n) is 4.46. The maximum absolute atomic E-state index is 12.5. The molecule has 2 rings (SSSR count). The van der Waals surface area contributed by atoms with Gasteiger partial charge in [-0.1, -0.05) is 0 Å².